The Morgan fingerprint density at radius 1 is 1.21 bits per heavy atom. The maximum absolute atomic E-state index is 13.6. The van der Waals surface area contributed by atoms with Crippen LogP contribution in [0.25, 0.3) is 22.4 Å². The molecule has 9 heteroatoms. The summed E-state index contributed by atoms with van der Waals surface area (Å²) < 4.78 is 13.6. The SMILES string of the molecule is CC(C)[C@H]1CN(c2ncc(-c3ccc(-c4cn[nH]c4F)cc3O)nn2)CCN1. The van der Waals surface area contributed by atoms with E-state index < -0.39 is 5.95 Å². The Hall–Kier alpha value is -3.07. The molecule has 0 saturated carbocycles. The molecule has 3 aromatic rings. The van der Waals surface area contributed by atoms with E-state index in [0.29, 0.717) is 40.3 Å². The second kappa shape index (κ2) is 7.51. The zero-order chi connectivity index (χ0) is 19.7. The lowest BCUT2D eigenvalue weighted by Crippen LogP contribution is -2.53. The molecule has 3 heterocycles. The molecule has 1 aliphatic rings. The Morgan fingerprint density at radius 2 is 2.07 bits per heavy atom. The molecule has 0 aliphatic carbocycles. The second-order valence-corrected chi connectivity index (χ2v) is 7.22. The Labute approximate surface area is 161 Å². The molecule has 0 amide bonds. The average Bonchev–Trinajstić information content (AvgIpc) is 3.14. The monoisotopic (exact) mass is 383 g/mol. The third kappa shape index (κ3) is 3.53. The summed E-state index contributed by atoms with van der Waals surface area (Å²) in [6.07, 6.45) is 2.97. The Kier molecular flexibility index (Phi) is 4.91. The molecular formula is C19H22FN7O. The first-order valence-corrected chi connectivity index (χ1v) is 9.23. The zero-order valence-electron chi connectivity index (χ0n) is 15.7. The Balaban J connectivity index is 1.55. The van der Waals surface area contributed by atoms with Gasteiger partial charge in [-0.3, -0.25) is 5.10 Å². The van der Waals surface area contributed by atoms with Crippen molar-refractivity contribution in [2.45, 2.75) is 19.9 Å². The van der Waals surface area contributed by atoms with Gasteiger partial charge in [-0.15, -0.1) is 10.2 Å². The van der Waals surface area contributed by atoms with E-state index in [-0.39, 0.29) is 5.75 Å². The first-order valence-electron chi connectivity index (χ1n) is 9.23. The first-order chi connectivity index (χ1) is 13.5. The molecule has 8 nitrogen and oxygen atoms in total. The first kappa shape index (κ1) is 18.3. The lowest BCUT2D eigenvalue weighted by molar-refractivity contribution is 0.365. The van der Waals surface area contributed by atoms with Crippen LogP contribution in [0, 0.1) is 11.9 Å². The van der Waals surface area contributed by atoms with Crippen LogP contribution in [-0.2, 0) is 0 Å². The van der Waals surface area contributed by atoms with Gasteiger partial charge in [-0.25, -0.2) is 4.98 Å². The van der Waals surface area contributed by atoms with Crippen molar-refractivity contribution in [1.29, 1.82) is 0 Å². The van der Waals surface area contributed by atoms with Crippen LogP contribution >= 0.6 is 0 Å². The number of phenolic OH excluding ortho intramolecular Hbond substituents is 1. The van der Waals surface area contributed by atoms with Crippen molar-refractivity contribution >= 4 is 5.95 Å². The molecule has 1 aromatic carbocycles. The molecule has 0 bridgehead atoms. The Bertz CT molecular complexity index is 957. The number of hydrogen-bond donors (Lipinski definition) is 3. The van der Waals surface area contributed by atoms with Crippen LogP contribution in [-0.4, -0.2) is 56.2 Å². The quantitative estimate of drug-likeness (QED) is 0.635. The van der Waals surface area contributed by atoms with Gasteiger partial charge in [-0.1, -0.05) is 19.9 Å². The summed E-state index contributed by atoms with van der Waals surface area (Å²) in [5.41, 5.74) is 1.75. The van der Waals surface area contributed by atoms with E-state index in [2.05, 4.69) is 49.4 Å². The fraction of sp³-hybridized carbons (Fsp3) is 0.368. The predicted octanol–water partition coefficient (Wildman–Crippen LogP) is 2.21. The van der Waals surface area contributed by atoms with Crippen LogP contribution in [0.15, 0.2) is 30.6 Å². The molecule has 1 aliphatic heterocycles. The maximum atomic E-state index is 13.6. The minimum Gasteiger partial charge on any atom is -0.507 e. The smallest absolute Gasteiger partial charge is 0.245 e. The van der Waals surface area contributed by atoms with Crippen molar-refractivity contribution in [3.63, 3.8) is 0 Å². The molecule has 0 spiro atoms. The van der Waals surface area contributed by atoms with Crippen molar-refractivity contribution in [1.82, 2.24) is 30.7 Å². The van der Waals surface area contributed by atoms with E-state index in [9.17, 15) is 9.50 Å². The minimum atomic E-state index is -0.548. The van der Waals surface area contributed by atoms with E-state index in [4.69, 9.17) is 0 Å². The van der Waals surface area contributed by atoms with Crippen LogP contribution in [0.5, 0.6) is 5.75 Å². The number of nitrogens with one attached hydrogen (secondary N) is 2. The fourth-order valence-electron chi connectivity index (χ4n) is 3.33. The van der Waals surface area contributed by atoms with E-state index in [1.807, 2.05) is 0 Å². The molecule has 1 atom stereocenters. The minimum absolute atomic E-state index is 0.0241. The largest absolute Gasteiger partial charge is 0.507 e. The van der Waals surface area contributed by atoms with E-state index in [1.54, 1.807) is 18.3 Å². The molecule has 0 unspecified atom stereocenters. The number of hydrogen-bond acceptors (Lipinski definition) is 7. The van der Waals surface area contributed by atoms with Crippen LogP contribution in [0.4, 0.5) is 10.3 Å². The van der Waals surface area contributed by atoms with E-state index >= 15 is 0 Å². The van der Waals surface area contributed by atoms with Crippen molar-refractivity contribution in [2.75, 3.05) is 24.5 Å². The summed E-state index contributed by atoms with van der Waals surface area (Å²) in [6.45, 7) is 6.90. The molecule has 3 N–H and O–H groups in total. The summed E-state index contributed by atoms with van der Waals surface area (Å²) in [4.78, 5) is 6.55. The zero-order valence-corrected chi connectivity index (χ0v) is 15.7. The normalized spacial score (nSPS) is 17.3. The molecule has 28 heavy (non-hydrogen) atoms. The molecule has 1 saturated heterocycles. The average molecular weight is 383 g/mol. The van der Waals surface area contributed by atoms with Gasteiger partial charge in [0.05, 0.1) is 18.0 Å². The van der Waals surface area contributed by atoms with Gasteiger partial charge in [-0.2, -0.15) is 9.49 Å². The van der Waals surface area contributed by atoms with Gasteiger partial charge in [0.25, 0.3) is 0 Å². The lowest BCUT2D eigenvalue weighted by atomic mass is 10.0. The summed E-state index contributed by atoms with van der Waals surface area (Å²) >= 11 is 0. The number of benzene rings is 1. The number of rotatable bonds is 4. The lowest BCUT2D eigenvalue weighted by Gasteiger charge is -2.35. The van der Waals surface area contributed by atoms with E-state index in [1.165, 1.54) is 12.3 Å². The number of aromatic hydroxyl groups is 1. The van der Waals surface area contributed by atoms with Gasteiger partial charge in [0.2, 0.25) is 11.9 Å². The molecular weight excluding hydrogens is 361 g/mol. The van der Waals surface area contributed by atoms with Gasteiger partial charge in [0.15, 0.2) is 0 Å². The molecule has 2 aromatic heterocycles. The molecule has 146 valence electrons. The van der Waals surface area contributed by atoms with E-state index in [0.717, 1.165) is 19.6 Å². The summed E-state index contributed by atoms with van der Waals surface area (Å²) in [5.74, 6) is 0.524. The highest BCUT2D eigenvalue weighted by molar-refractivity contribution is 5.73. The third-order valence-corrected chi connectivity index (χ3v) is 5.02. The highest BCUT2D eigenvalue weighted by Crippen LogP contribution is 2.32. The number of aromatic amines is 1. The predicted molar refractivity (Wildman–Crippen MR) is 103 cm³/mol. The van der Waals surface area contributed by atoms with Gasteiger partial charge in [-0.05, 0) is 23.6 Å². The number of anilines is 1. The number of nitrogens with zero attached hydrogens (tertiary/aromatic N) is 5. The number of piperazine rings is 1. The topological polar surface area (TPSA) is 103 Å². The summed E-state index contributed by atoms with van der Waals surface area (Å²) in [6, 6.07) is 5.23. The summed E-state index contributed by atoms with van der Waals surface area (Å²) in [5, 5.41) is 28.3. The standard InChI is InChI=1S/C19H22FN7O/c1-11(2)16-10-27(6-5-21-16)19-22-9-15(24-26-19)13-4-3-12(7-17(13)28)14-8-23-25-18(14)20/h3-4,7-9,11,16,21,28H,5-6,10H2,1-2H3,(H,23,25)/t16-/m1/s1. The highest BCUT2D eigenvalue weighted by atomic mass is 19.1. The van der Waals surface area contributed by atoms with Crippen molar-refractivity contribution < 1.29 is 9.50 Å². The van der Waals surface area contributed by atoms with Gasteiger partial charge < -0.3 is 15.3 Å². The number of H-pyrrole nitrogens is 1. The number of aromatic nitrogens is 5. The number of phenols is 1. The summed E-state index contributed by atoms with van der Waals surface area (Å²) in [7, 11) is 0. The third-order valence-electron chi connectivity index (χ3n) is 5.02. The van der Waals surface area contributed by atoms with Gasteiger partial charge in [0.1, 0.15) is 11.4 Å². The van der Waals surface area contributed by atoms with Crippen molar-refractivity contribution in [2.24, 2.45) is 5.92 Å². The van der Waals surface area contributed by atoms with Crippen LogP contribution in [0.2, 0.25) is 0 Å². The number of halogens is 1. The highest BCUT2D eigenvalue weighted by Gasteiger charge is 2.23. The Morgan fingerprint density at radius 3 is 2.71 bits per heavy atom. The molecule has 4 rings (SSSR count). The second-order valence-electron chi connectivity index (χ2n) is 7.22. The fourth-order valence-corrected chi connectivity index (χ4v) is 3.33. The van der Waals surface area contributed by atoms with Crippen LogP contribution < -0.4 is 10.2 Å². The molecule has 1 fully saturated rings. The van der Waals surface area contributed by atoms with Crippen LogP contribution in [0.1, 0.15) is 13.8 Å². The van der Waals surface area contributed by atoms with Crippen molar-refractivity contribution in [3.8, 4) is 28.1 Å². The van der Waals surface area contributed by atoms with Gasteiger partial charge >= 0.3 is 0 Å². The maximum Gasteiger partial charge on any atom is 0.245 e. The van der Waals surface area contributed by atoms with Crippen LogP contribution in [0.3, 0.4) is 0 Å². The van der Waals surface area contributed by atoms with Crippen molar-refractivity contribution in [3.05, 3.63) is 36.5 Å². The van der Waals surface area contributed by atoms with Gasteiger partial charge in [0, 0.05) is 31.2 Å². The molecule has 0 radical (unpaired) electrons.